The van der Waals surface area contributed by atoms with Crippen LogP contribution in [0.1, 0.15) is 16.8 Å². The second-order valence-electron chi connectivity index (χ2n) is 7.42. The highest BCUT2D eigenvalue weighted by atomic mass is 35.5. The van der Waals surface area contributed by atoms with Crippen LogP contribution >= 0.6 is 35.3 Å². The van der Waals surface area contributed by atoms with Gasteiger partial charge < -0.3 is 14.2 Å². The van der Waals surface area contributed by atoms with Gasteiger partial charge in [-0.1, -0.05) is 22.9 Å². The third kappa shape index (κ3) is 5.88. The average molecular weight is 512 g/mol. The molecule has 0 bridgehead atoms. The van der Waals surface area contributed by atoms with E-state index in [0.717, 1.165) is 44.0 Å². The van der Waals surface area contributed by atoms with Gasteiger partial charge in [0.1, 0.15) is 21.7 Å². The molecule has 0 atom stereocenters. The average Bonchev–Trinajstić information content (AvgIpc) is 3.27. The van der Waals surface area contributed by atoms with Gasteiger partial charge in [-0.25, -0.2) is 4.98 Å². The lowest BCUT2D eigenvalue weighted by molar-refractivity contribution is 0.0376. The summed E-state index contributed by atoms with van der Waals surface area (Å²) in [5, 5.41) is 1.21. The summed E-state index contributed by atoms with van der Waals surface area (Å²) < 4.78 is 17.3. The second kappa shape index (κ2) is 11.9. The van der Waals surface area contributed by atoms with Gasteiger partial charge in [0, 0.05) is 36.8 Å². The van der Waals surface area contributed by atoms with Gasteiger partial charge in [0.05, 0.1) is 27.4 Å². The molecule has 4 rings (SSSR count). The van der Waals surface area contributed by atoms with Gasteiger partial charge in [0.15, 0.2) is 5.13 Å². The quantitative estimate of drug-likeness (QED) is 0.434. The van der Waals surface area contributed by atoms with E-state index in [4.69, 9.17) is 30.8 Å². The number of thiazole rings is 1. The summed E-state index contributed by atoms with van der Waals surface area (Å²) >= 11 is 7.45. The number of anilines is 1. The van der Waals surface area contributed by atoms with Crippen LogP contribution in [0.2, 0.25) is 5.02 Å². The highest BCUT2D eigenvalue weighted by Gasteiger charge is 2.24. The highest BCUT2D eigenvalue weighted by Crippen LogP contribution is 2.40. The van der Waals surface area contributed by atoms with E-state index >= 15 is 0 Å². The zero-order valence-corrected chi connectivity index (χ0v) is 21.0. The number of rotatable bonds is 8. The van der Waals surface area contributed by atoms with Crippen molar-refractivity contribution >= 4 is 56.6 Å². The third-order valence-corrected chi connectivity index (χ3v) is 6.77. The van der Waals surface area contributed by atoms with E-state index in [0.29, 0.717) is 39.3 Å². The predicted molar refractivity (Wildman–Crippen MR) is 135 cm³/mol. The Morgan fingerprint density at radius 2 is 1.79 bits per heavy atom. The van der Waals surface area contributed by atoms with E-state index in [1.165, 1.54) is 11.3 Å². The Morgan fingerprint density at radius 3 is 2.45 bits per heavy atom. The number of nitrogens with zero attached hydrogens (tertiary/aromatic N) is 3. The summed E-state index contributed by atoms with van der Waals surface area (Å²) in [7, 11) is 3.23. The molecule has 1 amide bonds. The minimum atomic E-state index is -0.111. The maximum atomic E-state index is 13.5. The fraction of sp³-hybridized carbons (Fsp3) is 0.391. The molecule has 2 heterocycles. The molecule has 0 saturated carbocycles. The molecule has 1 aliphatic heterocycles. The first-order valence-corrected chi connectivity index (χ1v) is 11.7. The molecule has 0 N–H and O–H groups in total. The van der Waals surface area contributed by atoms with Crippen molar-refractivity contribution in [2.75, 3.05) is 58.5 Å². The Hall–Kier alpha value is -2.10. The first kappa shape index (κ1) is 25.5. The number of morpholine rings is 1. The van der Waals surface area contributed by atoms with E-state index in [9.17, 15) is 4.79 Å². The molecule has 0 aliphatic carbocycles. The van der Waals surface area contributed by atoms with E-state index < -0.39 is 0 Å². The maximum Gasteiger partial charge on any atom is 0.260 e. The molecule has 10 heteroatoms. The van der Waals surface area contributed by atoms with Crippen LogP contribution in [0.4, 0.5) is 5.13 Å². The van der Waals surface area contributed by atoms with Crippen LogP contribution < -0.4 is 14.4 Å². The molecule has 0 spiro atoms. The van der Waals surface area contributed by atoms with E-state index in [-0.39, 0.29) is 18.3 Å². The Balaban J connectivity index is 0.00000306. The lowest BCUT2D eigenvalue weighted by atomic mass is 10.2. The number of fused-ring (bicyclic) bond motifs is 1. The van der Waals surface area contributed by atoms with Crippen LogP contribution in [0.3, 0.4) is 0 Å². The maximum absolute atomic E-state index is 13.5. The molecule has 1 aromatic heterocycles. The lowest BCUT2D eigenvalue weighted by Gasteiger charge is -2.27. The van der Waals surface area contributed by atoms with E-state index in [1.54, 1.807) is 43.4 Å². The molecule has 0 radical (unpaired) electrons. The van der Waals surface area contributed by atoms with Crippen LogP contribution in [0, 0.1) is 0 Å². The highest BCUT2D eigenvalue weighted by molar-refractivity contribution is 7.22. The summed E-state index contributed by atoms with van der Waals surface area (Å²) in [4.78, 5) is 22.4. The van der Waals surface area contributed by atoms with Crippen molar-refractivity contribution in [2.45, 2.75) is 6.42 Å². The van der Waals surface area contributed by atoms with Crippen molar-refractivity contribution < 1.29 is 19.0 Å². The summed E-state index contributed by atoms with van der Waals surface area (Å²) in [6.07, 6.45) is 0.823. The molecule has 3 aromatic rings. The van der Waals surface area contributed by atoms with Crippen LogP contribution in [0.5, 0.6) is 11.5 Å². The van der Waals surface area contributed by atoms with E-state index in [1.807, 2.05) is 12.1 Å². The molecular weight excluding hydrogens is 485 g/mol. The minimum Gasteiger partial charge on any atom is -0.495 e. The summed E-state index contributed by atoms with van der Waals surface area (Å²) in [6.45, 7) is 4.78. The lowest BCUT2D eigenvalue weighted by Crippen LogP contribution is -2.39. The van der Waals surface area contributed by atoms with Gasteiger partial charge in [0.2, 0.25) is 0 Å². The van der Waals surface area contributed by atoms with Crippen molar-refractivity contribution in [1.29, 1.82) is 0 Å². The summed E-state index contributed by atoms with van der Waals surface area (Å²) in [5.41, 5.74) is 1.26. The molecule has 1 aliphatic rings. The zero-order chi connectivity index (χ0) is 22.5. The van der Waals surface area contributed by atoms with Gasteiger partial charge in [-0.2, -0.15) is 0 Å². The number of benzene rings is 2. The summed E-state index contributed by atoms with van der Waals surface area (Å²) in [6, 6.07) is 10.6. The zero-order valence-electron chi connectivity index (χ0n) is 18.6. The van der Waals surface area contributed by atoms with Crippen molar-refractivity contribution in [1.82, 2.24) is 9.88 Å². The number of halogens is 2. The standard InChI is InChI=1S/C23H26ClN3O4S.ClH/c1-29-18-8-9-19(30-2)21-20(18)25-23(32-21)27(11-3-10-26-12-14-31-15-13-26)22(28)16-4-6-17(24)7-5-16;/h4-9H,3,10-15H2,1-2H3;1H. The largest absolute Gasteiger partial charge is 0.495 e. The normalized spacial score (nSPS) is 14.0. The first-order valence-electron chi connectivity index (χ1n) is 10.5. The monoisotopic (exact) mass is 511 g/mol. The van der Waals surface area contributed by atoms with E-state index in [2.05, 4.69) is 4.90 Å². The van der Waals surface area contributed by atoms with Crippen molar-refractivity contribution in [3.05, 3.63) is 47.0 Å². The van der Waals surface area contributed by atoms with Crippen molar-refractivity contribution in [3.8, 4) is 11.5 Å². The number of hydrogen-bond donors (Lipinski definition) is 0. The van der Waals surface area contributed by atoms with Crippen LogP contribution in [-0.2, 0) is 4.74 Å². The molecule has 0 unspecified atom stereocenters. The molecule has 7 nitrogen and oxygen atoms in total. The number of methoxy groups -OCH3 is 2. The Kier molecular flexibility index (Phi) is 9.17. The van der Waals surface area contributed by atoms with Crippen LogP contribution in [0.15, 0.2) is 36.4 Å². The Labute approximate surface area is 208 Å². The number of carbonyl (C=O) groups excluding carboxylic acids is 1. The fourth-order valence-electron chi connectivity index (χ4n) is 3.70. The molecule has 2 aromatic carbocycles. The fourth-order valence-corrected chi connectivity index (χ4v) is 4.92. The minimum absolute atomic E-state index is 0. The predicted octanol–water partition coefficient (Wildman–Crippen LogP) is 4.76. The molecule has 33 heavy (non-hydrogen) atoms. The number of amides is 1. The van der Waals surface area contributed by atoms with Crippen molar-refractivity contribution in [3.63, 3.8) is 0 Å². The summed E-state index contributed by atoms with van der Waals surface area (Å²) in [5.74, 6) is 1.24. The molecule has 1 fully saturated rings. The van der Waals surface area contributed by atoms with Gasteiger partial charge in [-0.3, -0.25) is 14.6 Å². The van der Waals surface area contributed by atoms with Crippen molar-refractivity contribution in [2.24, 2.45) is 0 Å². The van der Waals surface area contributed by atoms with Gasteiger partial charge in [0.25, 0.3) is 5.91 Å². The van der Waals surface area contributed by atoms with Crippen LogP contribution in [0.25, 0.3) is 10.2 Å². The Bertz CT molecular complexity index is 1030. The smallest absolute Gasteiger partial charge is 0.260 e. The number of carbonyl (C=O) groups is 1. The second-order valence-corrected chi connectivity index (χ2v) is 8.83. The number of aromatic nitrogens is 1. The Morgan fingerprint density at radius 1 is 1.12 bits per heavy atom. The van der Waals surface area contributed by atoms with Gasteiger partial charge in [-0.05, 0) is 42.8 Å². The van der Waals surface area contributed by atoms with Gasteiger partial charge in [-0.15, -0.1) is 12.4 Å². The topological polar surface area (TPSA) is 64.1 Å². The molecule has 1 saturated heterocycles. The first-order chi connectivity index (χ1) is 15.6. The third-order valence-electron chi connectivity index (χ3n) is 5.43. The molecular formula is C23H27Cl2N3O4S. The SMILES string of the molecule is COc1ccc(OC)c2sc(N(CCCN3CCOCC3)C(=O)c3ccc(Cl)cc3)nc12.Cl. The van der Waals surface area contributed by atoms with Gasteiger partial charge >= 0.3 is 0 Å². The number of hydrogen-bond acceptors (Lipinski definition) is 7. The molecule has 178 valence electrons. The number of ether oxygens (including phenoxy) is 3. The van der Waals surface area contributed by atoms with Crippen LogP contribution in [-0.4, -0.2) is 69.4 Å².